The van der Waals surface area contributed by atoms with E-state index in [1.807, 2.05) is 0 Å². The highest BCUT2D eigenvalue weighted by Gasteiger charge is 2.30. The molecule has 0 rings (SSSR count). The normalized spacial score (nSPS) is 14.2. The Balaban J connectivity index is 5.19. The molecule has 0 aromatic carbocycles. The molecule has 0 bridgehead atoms. The maximum Gasteiger partial charge on any atom is 0.472 e. The van der Waals surface area contributed by atoms with Crippen LogP contribution in [0.25, 0.3) is 0 Å². The standard InChI is InChI=1S/C66H128O17P2/c1-7-9-11-13-15-16-17-18-19-20-21-22-23-24-32-38-44-50-65(70)82-62(55-77-64(69)49-43-37-31-26-25-29-34-40-46-58(3)4)57-81-85(74,75)79-53-60(67)52-78-84(72,73)80-56-61(54-76-63(68)48-42-36-28-14-12-10-8-2)83-66(71)51-45-39-33-27-30-35-41-47-59(5)6/h58-62,67H,7-57H2,1-6H3,(H,72,73)(H,74,75)/t60-,61+,62+/m0/s1. The Bertz CT molecular complexity index is 1670. The minimum absolute atomic E-state index is 0.103. The van der Waals surface area contributed by atoms with Gasteiger partial charge in [0, 0.05) is 25.7 Å². The van der Waals surface area contributed by atoms with Gasteiger partial charge in [0.25, 0.3) is 0 Å². The Kier molecular flexibility index (Phi) is 57.1. The molecule has 0 aromatic rings. The van der Waals surface area contributed by atoms with Crippen molar-refractivity contribution in [3.63, 3.8) is 0 Å². The summed E-state index contributed by atoms with van der Waals surface area (Å²) in [6.07, 6.45) is 42.0. The number of aliphatic hydroxyl groups is 1. The number of aliphatic hydroxyl groups excluding tert-OH is 1. The number of rotatable bonds is 65. The number of esters is 4. The molecule has 0 aliphatic heterocycles. The first-order valence-corrected chi connectivity index (χ1v) is 37.5. The first kappa shape index (κ1) is 83.1. The number of hydrogen-bond acceptors (Lipinski definition) is 15. The molecule has 5 atom stereocenters. The first-order valence-electron chi connectivity index (χ1n) is 34.5. The van der Waals surface area contributed by atoms with Crippen LogP contribution < -0.4 is 0 Å². The maximum atomic E-state index is 13.0. The summed E-state index contributed by atoms with van der Waals surface area (Å²) < 4.78 is 68.0. The second-order valence-corrected chi connectivity index (χ2v) is 27.7. The van der Waals surface area contributed by atoms with E-state index >= 15 is 0 Å². The molecule has 0 saturated carbocycles. The first-order chi connectivity index (χ1) is 40.9. The van der Waals surface area contributed by atoms with Gasteiger partial charge in [-0.25, -0.2) is 9.13 Å². The molecule has 504 valence electrons. The third-order valence-electron chi connectivity index (χ3n) is 15.2. The van der Waals surface area contributed by atoms with Crippen LogP contribution in [0.4, 0.5) is 0 Å². The second kappa shape index (κ2) is 58.4. The quantitative estimate of drug-likeness (QED) is 0.0222. The number of ether oxygens (including phenoxy) is 4. The van der Waals surface area contributed by atoms with Gasteiger partial charge >= 0.3 is 39.5 Å². The van der Waals surface area contributed by atoms with Gasteiger partial charge < -0.3 is 33.8 Å². The van der Waals surface area contributed by atoms with Crippen LogP contribution >= 0.6 is 15.6 Å². The minimum Gasteiger partial charge on any atom is -0.462 e. The van der Waals surface area contributed by atoms with E-state index in [1.54, 1.807) is 0 Å². The van der Waals surface area contributed by atoms with Crippen LogP contribution in [-0.4, -0.2) is 96.7 Å². The monoisotopic (exact) mass is 1250 g/mol. The fourth-order valence-corrected chi connectivity index (χ4v) is 11.5. The summed E-state index contributed by atoms with van der Waals surface area (Å²) in [5, 5.41) is 10.5. The van der Waals surface area contributed by atoms with E-state index in [9.17, 15) is 43.2 Å². The molecule has 0 aliphatic carbocycles. The molecule has 0 radical (unpaired) electrons. The Morgan fingerprint density at radius 2 is 0.541 bits per heavy atom. The summed E-state index contributed by atoms with van der Waals surface area (Å²) in [4.78, 5) is 72.2. The van der Waals surface area contributed by atoms with Crippen molar-refractivity contribution in [2.45, 2.75) is 349 Å². The third kappa shape index (κ3) is 60.7. The van der Waals surface area contributed by atoms with Crippen LogP contribution in [0.5, 0.6) is 0 Å². The Labute approximate surface area is 517 Å². The topological polar surface area (TPSA) is 237 Å². The Morgan fingerprint density at radius 3 is 0.800 bits per heavy atom. The van der Waals surface area contributed by atoms with Gasteiger partial charge in [-0.1, -0.05) is 279 Å². The van der Waals surface area contributed by atoms with Crippen molar-refractivity contribution in [1.29, 1.82) is 0 Å². The summed E-state index contributed by atoms with van der Waals surface area (Å²) in [7, 11) is -9.89. The van der Waals surface area contributed by atoms with E-state index in [4.69, 9.17) is 37.0 Å². The zero-order valence-corrected chi connectivity index (χ0v) is 56.7. The molecule has 0 spiro atoms. The SMILES string of the molecule is CCCCCCCCCCCCCCCCCCCC(=O)O[C@H](COC(=O)CCCCCCCCCCC(C)C)COP(=O)(O)OC[C@@H](O)COP(=O)(O)OC[C@@H](COC(=O)CCCCCCCCC)OC(=O)CCCCCCCCCC(C)C. The van der Waals surface area contributed by atoms with Gasteiger partial charge in [0.2, 0.25) is 0 Å². The molecule has 2 unspecified atom stereocenters. The van der Waals surface area contributed by atoms with Crippen LogP contribution in [0.2, 0.25) is 0 Å². The van der Waals surface area contributed by atoms with Crippen molar-refractivity contribution < 1.29 is 80.2 Å². The van der Waals surface area contributed by atoms with E-state index in [1.165, 1.54) is 135 Å². The molecule has 0 heterocycles. The highest BCUT2D eigenvalue weighted by molar-refractivity contribution is 7.47. The molecule has 0 saturated heterocycles. The van der Waals surface area contributed by atoms with Crippen molar-refractivity contribution in [1.82, 2.24) is 0 Å². The summed E-state index contributed by atoms with van der Waals surface area (Å²) in [5.41, 5.74) is 0. The van der Waals surface area contributed by atoms with Crippen molar-refractivity contribution in [3.8, 4) is 0 Å². The average molecular weight is 1260 g/mol. The van der Waals surface area contributed by atoms with Gasteiger partial charge in [-0.15, -0.1) is 0 Å². The summed E-state index contributed by atoms with van der Waals surface area (Å²) >= 11 is 0. The van der Waals surface area contributed by atoms with Gasteiger partial charge in [-0.05, 0) is 37.5 Å². The molecular formula is C66H128O17P2. The lowest BCUT2D eigenvalue weighted by Crippen LogP contribution is -2.30. The average Bonchev–Trinajstić information content (AvgIpc) is 3.57. The highest BCUT2D eigenvalue weighted by Crippen LogP contribution is 2.45. The summed E-state index contributed by atoms with van der Waals surface area (Å²) in [6.45, 7) is 9.38. The van der Waals surface area contributed by atoms with Gasteiger partial charge in [0.1, 0.15) is 19.3 Å². The van der Waals surface area contributed by atoms with Gasteiger partial charge in [0.15, 0.2) is 12.2 Å². The Morgan fingerprint density at radius 1 is 0.318 bits per heavy atom. The Hall–Kier alpha value is -1.94. The number of phosphoric acid groups is 2. The minimum atomic E-state index is -4.95. The smallest absolute Gasteiger partial charge is 0.462 e. The lowest BCUT2D eigenvalue weighted by atomic mass is 10.0. The van der Waals surface area contributed by atoms with Crippen molar-refractivity contribution in [2.24, 2.45) is 11.8 Å². The van der Waals surface area contributed by atoms with Crippen LogP contribution in [0.15, 0.2) is 0 Å². The molecule has 19 heteroatoms. The molecule has 17 nitrogen and oxygen atoms in total. The molecule has 3 N–H and O–H groups in total. The molecule has 0 aromatic heterocycles. The molecule has 0 fully saturated rings. The van der Waals surface area contributed by atoms with Gasteiger partial charge in [0.05, 0.1) is 26.4 Å². The van der Waals surface area contributed by atoms with E-state index in [0.29, 0.717) is 31.6 Å². The van der Waals surface area contributed by atoms with E-state index in [0.717, 1.165) is 109 Å². The van der Waals surface area contributed by atoms with Crippen LogP contribution in [0.1, 0.15) is 330 Å². The van der Waals surface area contributed by atoms with E-state index < -0.39 is 97.5 Å². The zero-order valence-electron chi connectivity index (χ0n) is 54.9. The number of hydrogen-bond donors (Lipinski definition) is 3. The highest BCUT2D eigenvalue weighted by atomic mass is 31.2. The number of carbonyl (C=O) groups excluding carboxylic acids is 4. The maximum absolute atomic E-state index is 13.0. The largest absolute Gasteiger partial charge is 0.472 e. The second-order valence-electron chi connectivity index (χ2n) is 24.8. The molecular weight excluding hydrogens is 1130 g/mol. The van der Waals surface area contributed by atoms with Crippen LogP contribution in [0, 0.1) is 11.8 Å². The number of phosphoric ester groups is 2. The molecule has 0 aliphatic rings. The van der Waals surface area contributed by atoms with Gasteiger partial charge in [-0.2, -0.15) is 0 Å². The lowest BCUT2D eigenvalue weighted by molar-refractivity contribution is -0.161. The van der Waals surface area contributed by atoms with Crippen LogP contribution in [0.3, 0.4) is 0 Å². The summed E-state index contributed by atoms with van der Waals surface area (Å²) in [6, 6.07) is 0. The number of carbonyl (C=O) groups is 4. The predicted octanol–water partition coefficient (Wildman–Crippen LogP) is 18.4. The van der Waals surface area contributed by atoms with Crippen molar-refractivity contribution in [3.05, 3.63) is 0 Å². The lowest BCUT2D eigenvalue weighted by Gasteiger charge is -2.21. The zero-order chi connectivity index (χ0) is 62.9. The fourth-order valence-electron chi connectivity index (χ4n) is 9.88. The number of unbranched alkanes of at least 4 members (excludes halogenated alkanes) is 35. The van der Waals surface area contributed by atoms with E-state index in [-0.39, 0.29) is 25.7 Å². The van der Waals surface area contributed by atoms with Crippen molar-refractivity contribution >= 4 is 39.5 Å². The van der Waals surface area contributed by atoms with Gasteiger partial charge in [-0.3, -0.25) is 37.3 Å². The van der Waals surface area contributed by atoms with E-state index in [2.05, 4.69) is 41.5 Å². The summed E-state index contributed by atoms with van der Waals surface area (Å²) in [5.74, 6) is -0.715. The fraction of sp³-hybridized carbons (Fsp3) is 0.939. The molecule has 0 amide bonds. The third-order valence-corrected chi connectivity index (χ3v) is 17.1. The predicted molar refractivity (Wildman–Crippen MR) is 340 cm³/mol. The van der Waals surface area contributed by atoms with Crippen LogP contribution in [-0.2, 0) is 65.4 Å². The molecule has 85 heavy (non-hydrogen) atoms. The van der Waals surface area contributed by atoms with Crippen molar-refractivity contribution in [2.75, 3.05) is 39.6 Å².